The second-order valence-corrected chi connectivity index (χ2v) is 6.09. The fraction of sp³-hybridized carbons (Fsp3) is 0.562. The predicted octanol–water partition coefficient (Wildman–Crippen LogP) is 0.635. The third-order valence-corrected chi connectivity index (χ3v) is 4.38. The second-order valence-electron chi connectivity index (χ2n) is 6.09. The van der Waals surface area contributed by atoms with Crippen molar-refractivity contribution < 1.29 is 5.11 Å². The van der Waals surface area contributed by atoms with E-state index in [1.165, 1.54) is 0 Å². The average Bonchev–Trinajstić information content (AvgIpc) is 3.08. The zero-order valence-electron chi connectivity index (χ0n) is 13.5. The summed E-state index contributed by atoms with van der Waals surface area (Å²) in [6, 6.07) is 4.20. The first kappa shape index (κ1) is 15.9. The maximum absolute atomic E-state index is 10.2. The molecule has 3 heterocycles. The third kappa shape index (κ3) is 4.27. The fourth-order valence-electron chi connectivity index (χ4n) is 3.12. The molecule has 7 nitrogen and oxygen atoms in total. The van der Waals surface area contributed by atoms with Gasteiger partial charge in [-0.3, -0.25) is 4.68 Å². The van der Waals surface area contributed by atoms with Gasteiger partial charge in [-0.25, -0.2) is 9.97 Å². The van der Waals surface area contributed by atoms with Gasteiger partial charge < -0.3 is 14.9 Å². The minimum atomic E-state index is -0.407. The van der Waals surface area contributed by atoms with Crippen molar-refractivity contribution in [1.82, 2.24) is 24.6 Å². The first-order valence-electron chi connectivity index (χ1n) is 8.10. The lowest BCUT2D eigenvalue weighted by Gasteiger charge is -2.37. The van der Waals surface area contributed by atoms with E-state index in [0.29, 0.717) is 19.1 Å². The molecule has 1 N–H and O–H groups in total. The van der Waals surface area contributed by atoms with Crippen LogP contribution in [0.4, 0.5) is 5.95 Å². The molecule has 2 aromatic rings. The van der Waals surface area contributed by atoms with Crippen molar-refractivity contribution in [2.75, 3.05) is 31.6 Å². The van der Waals surface area contributed by atoms with E-state index in [4.69, 9.17) is 0 Å². The molecule has 23 heavy (non-hydrogen) atoms. The molecule has 0 bridgehead atoms. The van der Waals surface area contributed by atoms with E-state index < -0.39 is 6.10 Å². The SMILES string of the molecule is CN(CC(O)Cn1cccn1)C1CCN(c2ncccn2)CC1. The lowest BCUT2D eigenvalue weighted by molar-refractivity contribution is 0.0811. The highest BCUT2D eigenvalue weighted by Crippen LogP contribution is 2.19. The molecule has 1 saturated heterocycles. The van der Waals surface area contributed by atoms with Crippen LogP contribution < -0.4 is 4.90 Å². The number of nitrogens with zero attached hydrogens (tertiary/aromatic N) is 6. The molecule has 0 radical (unpaired) electrons. The van der Waals surface area contributed by atoms with Crippen LogP contribution in [-0.2, 0) is 6.54 Å². The minimum Gasteiger partial charge on any atom is -0.390 e. The van der Waals surface area contributed by atoms with Gasteiger partial charge in [0.1, 0.15) is 0 Å². The highest BCUT2D eigenvalue weighted by Gasteiger charge is 2.24. The Hall–Kier alpha value is -1.99. The Labute approximate surface area is 136 Å². The van der Waals surface area contributed by atoms with Gasteiger partial charge in [0.2, 0.25) is 5.95 Å². The van der Waals surface area contributed by atoms with Crippen LogP contribution in [0, 0.1) is 0 Å². The number of aliphatic hydroxyl groups excluding tert-OH is 1. The van der Waals surface area contributed by atoms with Gasteiger partial charge in [0, 0.05) is 50.5 Å². The molecule has 124 valence electrons. The predicted molar refractivity (Wildman–Crippen MR) is 88.1 cm³/mol. The number of hydrogen-bond donors (Lipinski definition) is 1. The summed E-state index contributed by atoms with van der Waals surface area (Å²) in [7, 11) is 2.09. The highest BCUT2D eigenvalue weighted by atomic mass is 16.3. The van der Waals surface area contributed by atoms with E-state index in [2.05, 4.69) is 31.9 Å². The molecular weight excluding hydrogens is 292 g/mol. The summed E-state index contributed by atoms with van der Waals surface area (Å²) >= 11 is 0. The lowest BCUT2D eigenvalue weighted by Crippen LogP contribution is -2.46. The summed E-state index contributed by atoms with van der Waals surface area (Å²) in [5, 5.41) is 14.4. The number of aromatic nitrogens is 4. The van der Waals surface area contributed by atoms with Crippen molar-refractivity contribution >= 4 is 5.95 Å². The Morgan fingerprint density at radius 2 is 1.96 bits per heavy atom. The summed E-state index contributed by atoms with van der Waals surface area (Å²) in [6.07, 6.45) is 8.89. The van der Waals surface area contributed by atoms with Crippen LogP contribution in [0.25, 0.3) is 0 Å². The summed E-state index contributed by atoms with van der Waals surface area (Å²) in [5.41, 5.74) is 0. The number of aliphatic hydroxyl groups is 1. The molecule has 1 unspecified atom stereocenters. The molecule has 2 aromatic heterocycles. The molecule has 0 aromatic carbocycles. The molecule has 0 spiro atoms. The van der Waals surface area contributed by atoms with Crippen molar-refractivity contribution in [3.8, 4) is 0 Å². The van der Waals surface area contributed by atoms with Crippen LogP contribution >= 0.6 is 0 Å². The number of likely N-dealkylation sites (N-methyl/N-ethyl adjacent to an activating group) is 1. The molecule has 0 saturated carbocycles. The van der Waals surface area contributed by atoms with Gasteiger partial charge in [-0.05, 0) is 32.0 Å². The average molecular weight is 316 g/mol. The van der Waals surface area contributed by atoms with Crippen LogP contribution in [0.1, 0.15) is 12.8 Å². The van der Waals surface area contributed by atoms with Crippen molar-refractivity contribution in [2.45, 2.75) is 31.5 Å². The molecule has 7 heteroatoms. The Morgan fingerprint density at radius 1 is 1.22 bits per heavy atom. The lowest BCUT2D eigenvalue weighted by atomic mass is 10.0. The minimum absolute atomic E-state index is 0.407. The Balaban J connectivity index is 1.45. The largest absolute Gasteiger partial charge is 0.390 e. The van der Waals surface area contributed by atoms with Crippen molar-refractivity contribution in [1.29, 1.82) is 0 Å². The monoisotopic (exact) mass is 316 g/mol. The highest BCUT2D eigenvalue weighted by molar-refractivity contribution is 5.29. The van der Waals surface area contributed by atoms with E-state index in [1.54, 1.807) is 23.3 Å². The van der Waals surface area contributed by atoms with E-state index in [-0.39, 0.29) is 0 Å². The Kier molecular flexibility index (Phi) is 5.19. The number of piperidine rings is 1. The number of hydrogen-bond acceptors (Lipinski definition) is 6. The van der Waals surface area contributed by atoms with Crippen molar-refractivity contribution in [3.63, 3.8) is 0 Å². The van der Waals surface area contributed by atoms with E-state index >= 15 is 0 Å². The molecule has 0 aliphatic carbocycles. The Morgan fingerprint density at radius 3 is 2.61 bits per heavy atom. The number of anilines is 1. The van der Waals surface area contributed by atoms with Gasteiger partial charge in [-0.2, -0.15) is 5.10 Å². The normalized spacial score (nSPS) is 17.6. The van der Waals surface area contributed by atoms with E-state index in [9.17, 15) is 5.11 Å². The zero-order chi connectivity index (χ0) is 16.1. The molecule has 0 amide bonds. The van der Waals surface area contributed by atoms with Crippen LogP contribution in [0.15, 0.2) is 36.9 Å². The Bertz CT molecular complexity index is 568. The molecule has 1 aliphatic rings. The van der Waals surface area contributed by atoms with Crippen LogP contribution in [0.2, 0.25) is 0 Å². The van der Waals surface area contributed by atoms with E-state index in [1.807, 2.05) is 18.3 Å². The molecule has 1 fully saturated rings. The van der Waals surface area contributed by atoms with Gasteiger partial charge in [0.15, 0.2) is 0 Å². The second kappa shape index (κ2) is 7.52. The van der Waals surface area contributed by atoms with Gasteiger partial charge in [-0.15, -0.1) is 0 Å². The maximum atomic E-state index is 10.2. The summed E-state index contributed by atoms with van der Waals surface area (Å²) in [5.74, 6) is 0.812. The molecule has 3 rings (SSSR count). The standard InChI is InChI=1S/C16H24N6O/c1-20(12-15(23)13-22-9-3-8-19-22)14-4-10-21(11-5-14)16-17-6-2-7-18-16/h2-3,6-9,14-15,23H,4-5,10-13H2,1H3. The van der Waals surface area contributed by atoms with Crippen LogP contribution in [0.3, 0.4) is 0 Å². The summed E-state index contributed by atoms with van der Waals surface area (Å²) in [6.45, 7) is 3.10. The van der Waals surface area contributed by atoms with Gasteiger partial charge in [0.05, 0.1) is 12.6 Å². The molecule has 1 aliphatic heterocycles. The topological polar surface area (TPSA) is 70.3 Å². The van der Waals surface area contributed by atoms with Crippen LogP contribution in [0.5, 0.6) is 0 Å². The zero-order valence-corrected chi connectivity index (χ0v) is 13.5. The van der Waals surface area contributed by atoms with Gasteiger partial charge >= 0.3 is 0 Å². The van der Waals surface area contributed by atoms with Crippen molar-refractivity contribution in [2.24, 2.45) is 0 Å². The van der Waals surface area contributed by atoms with Gasteiger partial charge in [-0.1, -0.05) is 0 Å². The summed E-state index contributed by atoms with van der Waals surface area (Å²) in [4.78, 5) is 13.1. The van der Waals surface area contributed by atoms with Crippen molar-refractivity contribution in [3.05, 3.63) is 36.9 Å². The van der Waals surface area contributed by atoms with Gasteiger partial charge in [0.25, 0.3) is 0 Å². The van der Waals surface area contributed by atoms with Crippen LogP contribution in [-0.4, -0.2) is 68.6 Å². The fourth-order valence-corrected chi connectivity index (χ4v) is 3.12. The van der Waals surface area contributed by atoms with E-state index in [0.717, 1.165) is 31.9 Å². The summed E-state index contributed by atoms with van der Waals surface area (Å²) < 4.78 is 1.77. The number of rotatable bonds is 6. The first-order chi connectivity index (χ1) is 11.2. The molecule has 1 atom stereocenters. The molecular formula is C16H24N6O. The smallest absolute Gasteiger partial charge is 0.225 e. The quantitative estimate of drug-likeness (QED) is 0.843. The maximum Gasteiger partial charge on any atom is 0.225 e. The first-order valence-corrected chi connectivity index (χ1v) is 8.10. The third-order valence-electron chi connectivity index (χ3n) is 4.38.